The van der Waals surface area contributed by atoms with Gasteiger partial charge >= 0.3 is 5.69 Å². The molecule has 140 valence electrons. The standard InChI is InChI=1S/C17H22ClN5O3/c1-5-25-14-7-12(6-13(18)15(14)26-9-10(2)3)8-19-22-16-11(4)21-23-17(24)20-16/h6-8,10H,5,9H2,1-4H3,(H2,20,22,23,24)/b19-8+. The van der Waals surface area contributed by atoms with Crippen LogP contribution in [0.5, 0.6) is 11.5 Å². The van der Waals surface area contributed by atoms with Gasteiger partial charge in [0.15, 0.2) is 17.3 Å². The number of nitrogens with one attached hydrogen (secondary N) is 2. The van der Waals surface area contributed by atoms with Gasteiger partial charge in [-0.1, -0.05) is 25.4 Å². The Labute approximate surface area is 156 Å². The molecule has 0 spiro atoms. The molecule has 26 heavy (non-hydrogen) atoms. The topological polar surface area (TPSA) is 101 Å². The number of hydrogen-bond donors (Lipinski definition) is 2. The van der Waals surface area contributed by atoms with Crippen molar-refractivity contribution in [3.05, 3.63) is 38.9 Å². The summed E-state index contributed by atoms with van der Waals surface area (Å²) in [5, 5.41) is 10.6. The van der Waals surface area contributed by atoms with Gasteiger partial charge in [-0.2, -0.15) is 15.2 Å². The van der Waals surface area contributed by atoms with Gasteiger partial charge in [-0.05, 0) is 37.5 Å². The minimum Gasteiger partial charge on any atom is -0.490 e. The van der Waals surface area contributed by atoms with Crippen LogP contribution in [-0.4, -0.2) is 34.6 Å². The zero-order chi connectivity index (χ0) is 19.1. The molecule has 0 aliphatic carbocycles. The highest BCUT2D eigenvalue weighted by atomic mass is 35.5. The lowest BCUT2D eigenvalue weighted by atomic mass is 10.2. The predicted molar refractivity (Wildman–Crippen MR) is 102 cm³/mol. The smallest absolute Gasteiger partial charge is 0.363 e. The molecule has 0 atom stereocenters. The van der Waals surface area contributed by atoms with E-state index in [1.54, 1.807) is 25.3 Å². The van der Waals surface area contributed by atoms with Crippen LogP contribution in [0.3, 0.4) is 0 Å². The van der Waals surface area contributed by atoms with Crippen molar-refractivity contribution in [2.75, 3.05) is 18.6 Å². The Bertz CT molecular complexity index is 836. The van der Waals surface area contributed by atoms with Gasteiger partial charge < -0.3 is 9.47 Å². The molecule has 0 bridgehead atoms. The summed E-state index contributed by atoms with van der Waals surface area (Å²) in [6, 6.07) is 3.51. The molecule has 9 heteroatoms. The van der Waals surface area contributed by atoms with Crippen LogP contribution in [0.1, 0.15) is 32.0 Å². The fourth-order valence-electron chi connectivity index (χ4n) is 1.98. The molecular weight excluding hydrogens is 358 g/mol. The maximum atomic E-state index is 11.2. The van der Waals surface area contributed by atoms with E-state index in [1.165, 1.54) is 0 Å². The van der Waals surface area contributed by atoms with Crippen molar-refractivity contribution >= 4 is 23.6 Å². The number of nitrogens with zero attached hydrogens (tertiary/aromatic N) is 3. The van der Waals surface area contributed by atoms with Gasteiger partial charge in [0.05, 0.1) is 24.5 Å². The summed E-state index contributed by atoms with van der Waals surface area (Å²) < 4.78 is 11.4. The number of anilines is 1. The van der Waals surface area contributed by atoms with Crippen molar-refractivity contribution in [3.8, 4) is 11.5 Å². The van der Waals surface area contributed by atoms with Gasteiger partial charge in [0, 0.05) is 0 Å². The van der Waals surface area contributed by atoms with Crippen molar-refractivity contribution in [1.29, 1.82) is 0 Å². The number of benzene rings is 1. The van der Waals surface area contributed by atoms with Crippen LogP contribution in [0.4, 0.5) is 5.82 Å². The molecule has 0 radical (unpaired) electrons. The summed E-state index contributed by atoms with van der Waals surface area (Å²) >= 11 is 6.34. The maximum Gasteiger partial charge on any atom is 0.363 e. The fraction of sp³-hybridized carbons (Fsp3) is 0.412. The Morgan fingerprint density at radius 1 is 1.38 bits per heavy atom. The minimum atomic E-state index is -0.554. The quantitative estimate of drug-likeness (QED) is 0.540. The number of hydrazone groups is 1. The van der Waals surface area contributed by atoms with Gasteiger partial charge in [-0.25, -0.2) is 9.89 Å². The monoisotopic (exact) mass is 379 g/mol. The third kappa shape index (κ3) is 5.45. The molecule has 2 N–H and O–H groups in total. The summed E-state index contributed by atoms with van der Waals surface area (Å²) in [7, 11) is 0. The predicted octanol–water partition coefficient (Wildman–Crippen LogP) is 3.01. The highest BCUT2D eigenvalue weighted by molar-refractivity contribution is 6.32. The Balaban J connectivity index is 2.20. The second-order valence-electron chi connectivity index (χ2n) is 5.91. The van der Waals surface area contributed by atoms with Gasteiger partial charge in [0.1, 0.15) is 5.69 Å². The molecule has 0 unspecified atom stereocenters. The van der Waals surface area contributed by atoms with Gasteiger partial charge in [0.2, 0.25) is 0 Å². The zero-order valence-corrected chi connectivity index (χ0v) is 15.9. The van der Waals surface area contributed by atoms with Gasteiger partial charge in [-0.15, -0.1) is 0 Å². The lowest BCUT2D eigenvalue weighted by Crippen LogP contribution is -2.15. The Morgan fingerprint density at radius 2 is 2.15 bits per heavy atom. The summed E-state index contributed by atoms with van der Waals surface area (Å²) in [4.78, 5) is 15.0. The van der Waals surface area contributed by atoms with Crippen molar-refractivity contribution in [2.24, 2.45) is 11.0 Å². The highest BCUT2D eigenvalue weighted by Gasteiger charge is 2.13. The van der Waals surface area contributed by atoms with E-state index in [1.807, 2.05) is 6.92 Å². The number of H-pyrrole nitrogens is 1. The molecule has 0 amide bonds. The molecular formula is C17H22ClN5O3. The van der Waals surface area contributed by atoms with E-state index in [0.717, 1.165) is 0 Å². The van der Waals surface area contributed by atoms with Crippen LogP contribution in [0.15, 0.2) is 22.0 Å². The number of aromatic nitrogens is 3. The summed E-state index contributed by atoms with van der Waals surface area (Å²) in [6.45, 7) is 8.72. The normalized spacial score (nSPS) is 11.2. The second-order valence-corrected chi connectivity index (χ2v) is 6.32. The van der Waals surface area contributed by atoms with Crippen molar-refractivity contribution in [3.63, 3.8) is 0 Å². The highest BCUT2D eigenvalue weighted by Crippen LogP contribution is 2.36. The van der Waals surface area contributed by atoms with Crippen LogP contribution >= 0.6 is 11.6 Å². The molecule has 0 aliphatic rings. The van der Waals surface area contributed by atoms with Crippen molar-refractivity contribution in [1.82, 2.24) is 15.2 Å². The summed E-state index contributed by atoms with van der Waals surface area (Å²) in [6.07, 6.45) is 1.54. The van der Waals surface area contributed by atoms with E-state index in [-0.39, 0.29) is 5.82 Å². The first-order valence-corrected chi connectivity index (χ1v) is 8.60. The first kappa shape index (κ1) is 19.7. The van der Waals surface area contributed by atoms with E-state index < -0.39 is 5.69 Å². The molecule has 0 fully saturated rings. The molecule has 0 aliphatic heterocycles. The average Bonchev–Trinajstić information content (AvgIpc) is 2.57. The van der Waals surface area contributed by atoms with Gasteiger partial charge in [0.25, 0.3) is 0 Å². The Kier molecular flexibility index (Phi) is 6.97. The summed E-state index contributed by atoms with van der Waals surface area (Å²) in [5.41, 5.74) is 3.36. The fourth-order valence-corrected chi connectivity index (χ4v) is 2.26. The second kappa shape index (κ2) is 9.19. The zero-order valence-electron chi connectivity index (χ0n) is 15.2. The molecule has 0 saturated heterocycles. The number of aryl methyl sites for hydroxylation is 1. The van der Waals surface area contributed by atoms with Crippen molar-refractivity contribution < 1.29 is 9.47 Å². The van der Waals surface area contributed by atoms with Crippen LogP contribution in [0.2, 0.25) is 5.02 Å². The SMILES string of the molecule is CCOc1cc(/C=N/Nc2nc(=O)[nH]nc2C)cc(Cl)c1OCC(C)C. The van der Waals surface area contributed by atoms with Crippen LogP contribution < -0.4 is 20.6 Å². The van der Waals surface area contributed by atoms with Gasteiger partial charge in [-0.3, -0.25) is 5.43 Å². The maximum absolute atomic E-state index is 11.2. The molecule has 1 aromatic heterocycles. The molecule has 2 aromatic rings. The molecule has 2 rings (SSSR count). The van der Waals surface area contributed by atoms with Crippen LogP contribution in [0, 0.1) is 12.8 Å². The number of halogens is 1. The molecule has 1 aromatic carbocycles. The van der Waals surface area contributed by atoms with E-state index in [4.69, 9.17) is 21.1 Å². The lowest BCUT2D eigenvalue weighted by Gasteiger charge is -2.15. The van der Waals surface area contributed by atoms with Crippen LogP contribution in [0.25, 0.3) is 0 Å². The Morgan fingerprint density at radius 3 is 2.85 bits per heavy atom. The molecule has 1 heterocycles. The van der Waals surface area contributed by atoms with E-state index in [9.17, 15) is 4.79 Å². The minimum absolute atomic E-state index is 0.276. The largest absolute Gasteiger partial charge is 0.490 e. The lowest BCUT2D eigenvalue weighted by molar-refractivity contribution is 0.248. The Hall–Kier alpha value is -2.61. The number of ether oxygens (including phenoxy) is 2. The summed E-state index contributed by atoms with van der Waals surface area (Å²) in [5.74, 6) is 1.71. The van der Waals surface area contributed by atoms with Crippen molar-refractivity contribution in [2.45, 2.75) is 27.7 Å². The molecule has 8 nitrogen and oxygen atoms in total. The number of aromatic amines is 1. The number of hydrogen-bond acceptors (Lipinski definition) is 7. The molecule has 0 saturated carbocycles. The third-order valence-corrected chi connectivity index (χ3v) is 3.43. The average molecular weight is 380 g/mol. The van der Waals surface area contributed by atoms with E-state index in [0.29, 0.717) is 46.9 Å². The van der Waals surface area contributed by atoms with E-state index >= 15 is 0 Å². The first-order valence-electron chi connectivity index (χ1n) is 8.22. The van der Waals surface area contributed by atoms with E-state index in [2.05, 4.69) is 39.6 Å². The number of rotatable bonds is 8. The first-order chi connectivity index (χ1) is 12.4. The third-order valence-electron chi connectivity index (χ3n) is 3.15. The van der Waals surface area contributed by atoms with Crippen LogP contribution in [-0.2, 0) is 0 Å².